The van der Waals surface area contributed by atoms with E-state index in [1.54, 1.807) is 6.92 Å². The van der Waals surface area contributed by atoms with Gasteiger partial charge in [0.2, 0.25) is 0 Å². The SMILES string of the molecule is C[C@@H](Oc1cccc2ccccc12)C(=O)NCCc1ccccc1. The first-order valence-electron chi connectivity index (χ1n) is 8.20. The number of carbonyl (C=O) groups excluding carboxylic acids is 1. The highest BCUT2D eigenvalue weighted by molar-refractivity contribution is 5.89. The molecule has 122 valence electrons. The normalized spacial score (nSPS) is 11.9. The van der Waals surface area contributed by atoms with Crippen molar-refractivity contribution in [2.24, 2.45) is 0 Å². The fourth-order valence-electron chi connectivity index (χ4n) is 2.66. The lowest BCUT2D eigenvalue weighted by Gasteiger charge is -2.16. The van der Waals surface area contributed by atoms with Gasteiger partial charge in [0.25, 0.3) is 5.91 Å². The van der Waals surface area contributed by atoms with Crippen molar-refractivity contribution >= 4 is 16.7 Å². The summed E-state index contributed by atoms with van der Waals surface area (Å²) in [4.78, 5) is 12.2. The van der Waals surface area contributed by atoms with Crippen LogP contribution in [0.15, 0.2) is 72.8 Å². The lowest BCUT2D eigenvalue weighted by atomic mass is 10.1. The predicted molar refractivity (Wildman–Crippen MR) is 97.2 cm³/mol. The molecule has 24 heavy (non-hydrogen) atoms. The van der Waals surface area contributed by atoms with Crippen molar-refractivity contribution in [3.05, 3.63) is 78.4 Å². The van der Waals surface area contributed by atoms with Crippen LogP contribution in [-0.2, 0) is 11.2 Å². The standard InChI is InChI=1S/C21H21NO2/c1-16(21(23)22-15-14-17-8-3-2-4-9-17)24-20-13-7-11-18-10-5-6-12-19(18)20/h2-13,16H,14-15H2,1H3,(H,22,23)/t16-/m1/s1. The lowest BCUT2D eigenvalue weighted by Crippen LogP contribution is -2.37. The zero-order valence-corrected chi connectivity index (χ0v) is 13.7. The molecule has 1 N–H and O–H groups in total. The number of rotatable bonds is 6. The van der Waals surface area contributed by atoms with E-state index in [0.29, 0.717) is 6.54 Å². The summed E-state index contributed by atoms with van der Waals surface area (Å²) < 4.78 is 5.88. The van der Waals surface area contributed by atoms with E-state index < -0.39 is 6.10 Å². The Hall–Kier alpha value is -2.81. The van der Waals surface area contributed by atoms with Gasteiger partial charge in [0.1, 0.15) is 5.75 Å². The minimum absolute atomic E-state index is 0.0983. The van der Waals surface area contributed by atoms with Gasteiger partial charge in [-0.1, -0.05) is 66.7 Å². The van der Waals surface area contributed by atoms with Crippen LogP contribution in [0.1, 0.15) is 12.5 Å². The Labute approximate surface area is 142 Å². The molecule has 0 aliphatic heterocycles. The molecule has 0 spiro atoms. The van der Waals surface area contributed by atoms with Gasteiger partial charge in [-0.25, -0.2) is 0 Å². The Morgan fingerprint density at radius 2 is 1.67 bits per heavy atom. The van der Waals surface area contributed by atoms with E-state index in [0.717, 1.165) is 22.9 Å². The van der Waals surface area contributed by atoms with E-state index >= 15 is 0 Å². The van der Waals surface area contributed by atoms with Crippen molar-refractivity contribution in [3.8, 4) is 5.75 Å². The van der Waals surface area contributed by atoms with Gasteiger partial charge >= 0.3 is 0 Å². The van der Waals surface area contributed by atoms with E-state index in [9.17, 15) is 4.79 Å². The molecule has 3 aromatic carbocycles. The fourth-order valence-corrected chi connectivity index (χ4v) is 2.66. The second-order valence-corrected chi connectivity index (χ2v) is 5.76. The molecule has 1 amide bonds. The topological polar surface area (TPSA) is 38.3 Å². The summed E-state index contributed by atoms with van der Waals surface area (Å²) >= 11 is 0. The van der Waals surface area contributed by atoms with Gasteiger partial charge in [0, 0.05) is 11.9 Å². The van der Waals surface area contributed by atoms with Crippen molar-refractivity contribution in [1.82, 2.24) is 5.32 Å². The lowest BCUT2D eigenvalue weighted by molar-refractivity contribution is -0.127. The third-order valence-corrected chi connectivity index (χ3v) is 3.98. The molecule has 0 fully saturated rings. The van der Waals surface area contributed by atoms with Crippen LogP contribution in [0.5, 0.6) is 5.75 Å². The van der Waals surface area contributed by atoms with Crippen LogP contribution < -0.4 is 10.1 Å². The number of nitrogens with one attached hydrogen (secondary N) is 1. The molecule has 0 bridgehead atoms. The number of hydrogen-bond donors (Lipinski definition) is 1. The van der Waals surface area contributed by atoms with Crippen molar-refractivity contribution in [1.29, 1.82) is 0 Å². The molecule has 0 aliphatic carbocycles. The summed E-state index contributed by atoms with van der Waals surface area (Å²) in [6, 6.07) is 24.0. The summed E-state index contributed by atoms with van der Waals surface area (Å²) in [7, 11) is 0. The maximum absolute atomic E-state index is 12.2. The minimum atomic E-state index is -0.536. The molecule has 3 heteroatoms. The summed E-state index contributed by atoms with van der Waals surface area (Å²) in [6.45, 7) is 2.38. The highest BCUT2D eigenvalue weighted by atomic mass is 16.5. The summed E-state index contributed by atoms with van der Waals surface area (Å²) in [5, 5.41) is 5.06. The van der Waals surface area contributed by atoms with Crippen LogP contribution in [0, 0.1) is 0 Å². The molecular weight excluding hydrogens is 298 g/mol. The predicted octanol–water partition coefficient (Wildman–Crippen LogP) is 3.97. The second kappa shape index (κ2) is 7.64. The van der Waals surface area contributed by atoms with Crippen molar-refractivity contribution in [3.63, 3.8) is 0 Å². The van der Waals surface area contributed by atoms with Crippen LogP contribution >= 0.6 is 0 Å². The number of carbonyl (C=O) groups is 1. The largest absolute Gasteiger partial charge is 0.480 e. The van der Waals surface area contributed by atoms with Gasteiger partial charge in [-0.05, 0) is 30.4 Å². The molecule has 3 rings (SSSR count). The highest BCUT2D eigenvalue weighted by Gasteiger charge is 2.15. The maximum Gasteiger partial charge on any atom is 0.260 e. The third kappa shape index (κ3) is 3.93. The zero-order chi connectivity index (χ0) is 16.8. The van der Waals surface area contributed by atoms with Gasteiger partial charge in [-0.3, -0.25) is 4.79 Å². The molecule has 0 saturated carbocycles. The Balaban J connectivity index is 1.57. The third-order valence-electron chi connectivity index (χ3n) is 3.98. The highest BCUT2D eigenvalue weighted by Crippen LogP contribution is 2.25. The Morgan fingerprint density at radius 3 is 2.50 bits per heavy atom. The smallest absolute Gasteiger partial charge is 0.260 e. The van der Waals surface area contributed by atoms with Crippen molar-refractivity contribution in [2.75, 3.05) is 6.54 Å². The Morgan fingerprint density at radius 1 is 0.958 bits per heavy atom. The zero-order valence-electron chi connectivity index (χ0n) is 13.7. The van der Waals surface area contributed by atoms with E-state index in [4.69, 9.17) is 4.74 Å². The van der Waals surface area contributed by atoms with Gasteiger partial charge < -0.3 is 10.1 Å². The summed E-state index contributed by atoms with van der Waals surface area (Å²) in [5.41, 5.74) is 1.21. The van der Waals surface area contributed by atoms with Gasteiger partial charge in [-0.2, -0.15) is 0 Å². The number of fused-ring (bicyclic) bond motifs is 1. The van der Waals surface area contributed by atoms with Gasteiger partial charge in [0.05, 0.1) is 0 Å². The van der Waals surface area contributed by atoms with Crippen LogP contribution in [0.4, 0.5) is 0 Å². The quantitative estimate of drug-likeness (QED) is 0.746. The van der Waals surface area contributed by atoms with E-state index in [1.165, 1.54) is 5.56 Å². The van der Waals surface area contributed by atoms with Gasteiger partial charge in [0.15, 0.2) is 6.10 Å². The average molecular weight is 319 g/mol. The number of benzene rings is 3. The second-order valence-electron chi connectivity index (χ2n) is 5.76. The molecule has 1 atom stereocenters. The molecule has 0 aliphatic rings. The van der Waals surface area contributed by atoms with E-state index in [1.807, 2.05) is 60.7 Å². The molecule has 0 heterocycles. The molecule has 0 radical (unpaired) electrons. The van der Waals surface area contributed by atoms with Crippen molar-refractivity contribution < 1.29 is 9.53 Å². The molecule has 0 unspecified atom stereocenters. The fraction of sp³-hybridized carbons (Fsp3) is 0.190. The first kappa shape index (κ1) is 16.1. The minimum Gasteiger partial charge on any atom is -0.480 e. The van der Waals surface area contributed by atoms with Crippen LogP contribution in [0.25, 0.3) is 10.8 Å². The molecule has 0 aromatic heterocycles. The van der Waals surface area contributed by atoms with Crippen molar-refractivity contribution in [2.45, 2.75) is 19.4 Å². The molecule has 3 nitrogen and oxygen atoms in total. The Kier molecular flexibility index (Phi) is 5.12. The Bertz CT molecular complexity index is 809. The van der Waals surface area contributed by atoms with E-state index in [2.05, 4.69) is 17.4 Å². The molecule has 0 saturated heterocycles. The molecule has 3 aromatic rings. The number of amides is 1. The summed E-state index contributed by atoms with van der Waals surface area (Å²) in [5.74, 6) is 0.637. The number of hydrogen-bond acceptors (Lipinski definition) is 2. The first-order valence-corrected chi connectivity index (χ1v) is 8.20. The molecular formula is C21H21NO2. The first-order chi connectivity index (χ1) is 11.7. The average Bonchev–Trinajstić information content (AvgIpc) is 2.63. The van der Waals surface area contributed by atoms with E-state index in [-0.39, 0.29) is 5.91 Å². The van der Waals surface area contributed by atoms with Gasteiger partial charge in [-0.15, -0.1) is 0 Å². The number of ether oxygens (including phenoxy) is 1. The maximum atomic E-state index is 12.2. The summed E-state index contributed by atoms with van der Waals surface area (Å²) in [6.07, 6.45) is 0.277. The van der Waals surface area contributed by atoms with Crippen LogP contribution in [0.2, 0.25) is 0 Å². The van der Waals surface area contributed by atoms with Crippen LogP contribution in [0.3, 0.4) is 0 Å². The van der Waals surface area contributed by atoms with Crippen LogP contribution in [-0.4, -0.2) is 18.6 Å². The monoisotopic (exact) mass is 319 g/mol.